The number of rotatable bonds is 5. The van der Waals surface area contributed by atoms with Gasteiger partial charge in [0.1, 0.15) is 0 Å². The van der Waals surface area contributed by atoms with Crippen LogP contribution in [0.25, 0.3) is 11.4 Å². The van der Waals surface area contributed by atoms with Gasteiger partial charge in [-0.2, -0.15) is 4.98 Å². The van der Waals surface area contributed by atoms with E-state index in [9.17, 15) is 4.79 Å². The molecule has 0 aliphatic heterocycles. The highest BCUT2D eigenvalue weighted by atomic mass is 16.5. The molecule has 0 bridgehead atoms. The van der Waals surface area contributed by atoms with Crippen LogP contribution in [0.3, 0.4) is 0 Å². The molecule has 1 N–H and O–H groups in total. The van der Waals surface area contributed by atoms with Gasteiger partial charge in [-0.05, 0) is 12.8 Å². The van der Waals surface area contributed by atoms with E-state index in [-0.39, 0.29) is 5.91 Å². The molecule has 1 aliphatic rings. The van der Waals surface area contributed by atoms with E-state index in [1.165, 1.54) is 0 Å². The minimum absolute atomic E-state index is 0.0574. The van der Waals surface area contributed by atoms with E-state index in [2.05, 4.69) is 15.5 Å². The van der Waals surface area contributed by atoms with Gasteiger partial charge in [0.25, 0.3) is 0 Å². The average Bonchev–Trinajstić information content (AvgIpc) is 3.12. The molecule has 1 aromatic carbocycles. The summed E-state index contributed by atoms with van der Waals surface area (Å²) in [4.78, 5) is 15.8. The van der Waals surface area contributed by atoms with Crippen molar-refractivity contribution in [3.05, 3.63) is 36.2 Å². The highest BCUT2D eigenvalue weighted by molar-refractivity contribution is 5.76. The van der Waals surface area contributed by atoms with E-state index in [0.29, 0.717) is 30.6 Å². The molecule has 98 valence electrons. The first kappa shape index (κ1) is 11.9. The number of benzene rings is 1. The molecule has 2 aromatic rings. The number of nitrogens with one attached hydrogen (secondary N) is 1. The number of hydrogen-bond donors (Lipinski definition) is 1. The van der Waals surface area contributed by atoms with Gasteiger partial charge in [-0.1, -0.05) is 35.5 Å². The molecule has 1 fully saturated rings. The molecule has 3 rings (SSSR count). The van der Waals surface area contributed by atoms with Crippen LogP contribution in [-0.2, 0) is 11.2 Å². The molecule has 0 spiro atoms. The van der Waals surface area contributed by atoms with Crippen molar-refractivity contribution in [2.45, 2.75) is 31.7 Å². The van der Waals surface area contributed by atoms with Gasteiger partial charge < -0.3 is 9.84 Å². The van der Waals surface area contributed by atoms with Crippen molar-refractivity contribution in [1.29, 1.82) is 0 Å². The number of carbonyl (C=O) groups excluding carboxylic acids is 1. The molecular formula is C14H15N3O2. The predicted octanol–water partition coefficient (Wildman–Crippen LogP) is 1.95. The van der Waals surface area contributed by atoms with Crippen molar-refractivity contribution < 1.29 is 9.32 Å². The van der Waals surface area contributed by atoms with E-state index < -0.39 is 0 Å². The van der Waals surface area contributed by atoms with E-state index in [0.717, 1.165) is 18.4 Å². The lowest BCUT2D eigenvalue weighted by Crippen LogP contribution is -2.25. The number of nitrogens with zero attached hydrogens (tertiary/aromatic N) is 2. The molecule has 1 heterocycles. The summed E-state index contributed by atoms with van der Waals surface area (Å²) in [6.45, 7) is 0. The zero-order chi connectivity index (χ0) is 13.1. The predicted molar refractivity (Wildman–Crippen MR) is 69.2 cm³/mol. The lowest BCUT2D eigenvalue weighted by molar-refractivity contribution is -0.121. The summed E-state index contributed by atoms with van der Waals surface area (Å²) in [5, 5.41) is 6.85. The maximum atomic E-state index is 11.5. The minimum Gasteiger partial charge on any atom is -0.353 e. The molecule has 1 saturated carbocycles. The number of amides is 1. The summed E-state index contributed by atoms with van der Waals surface area (Å²) in [5.74, 6) is 1.13. The SMILES string of the molecule is O=C(CCc1nc(-c2ccccc2)no1)NC1CC1. The van der Waals surface area contributed by atoms with Crippen molar-refractivity contribution in [1.82, 2.24) is 15.5 Å². The highest BCUT2D eigenvalue weighted by Crippen LogP contribution is 2.19. The largest absolute Gasteiger partial charge is 0.353 e. The first-order valence-corrected chi connectivity index (χ1v) is 6.48. The van der Waals surface area contributed by atoms with Gasteiger partial charge in [-0.3, -0.25) is 4.79 Å². The third-order valence-electron chi connectivity index (χ3n) is 3.01. The Kier molecular flexibility index (Phi) is 3.27. The summed E-state index contributed by atoms with van der Waals surface area (Å²) in [6.07, 6.45) is 3.08. The molecule has 5 heteroatoms. The fraction of sp³-hybridized carbons (Fsp3) is 0.357. The smallest absolute Gasteiger partial charge is 0.227 e. The monoisotopic (exact) mass is 257 g/mol. The van der Waals surface area contributed by atoms with Crippen molar-refractivity contribution in [3.63, 3.8) is 0 Å². The lowest BCUT2D eigenvalue weighted by atomic mass is 10.2. The Labute approximate surface area is 111 Å². The highest BCUT2D eigenvalue weighted by Gasteiger charge is 2.23. The molecule has 5 nitrogen and oxygen atoms in total. The summed E-state index contributed by atoms with van der Waals surface area (Å²) >= 11 is 0. The van der Waals surface area contributed by atoms with Crippen LogP contribution >= 0.6 is 0 Å². The molecule has 0 atom stereocenters. The van der Waals surface area contributed by atoms with Gasteiger partial charge in [0, 0.05) is 24.4 Å². The number of hydrogen-bond acceptors (Lipinski definition) is 4. The molecule has 1 aliphatic carbocycles. The molecular weight excluding hydrogens is 242 g/mol. The molecule has 0 saturated heterocycles. The molecule has 19 heavy (non-hydrogen) atoms. The van der Waals surface area contributed by atoms with Crippen LogP contribution in [0.15, 0.2) is 34.9 Å². The summed E-state index contributed by atoms with van der Waals surface area (Å²) < 4.78 is 5.15. The second-order valence-corrected chi connectivity index (χ2v) is 4.72. The fourth-order valence-corrected chi connectivity index (χ4v) is 1.81. The van der Waals surface area contributed by atoms with Gasteiger partial charge in [-0.25, -0.2) is 0 Å². The van der Waals surface area contributed by atoms with Crippen LogP contribution in [0.2, 0.25) is 0 Å². The summed E-state index contributed by atoms with van der Waals surface area (Å²) in [7, 11) is 0. The van der Waals surface area contributed by atoms with Gasteiger partial charge in [0.15, 0.2) is 0 Å². The van der Waals surface area contributed by atoms with Gasteiger partial charge in [-0.15, -0.1) is 0 Å². The molecule has 1 amide bonds. The van der Waals surface area contributed by atoms with Crippen LogP contribution in [0.1, 0.15) is 25.2 Å². The first-order valence-electron chi connectivity index (χ1n) is 6.48. The second kappa shape index (κ2) is 5.22. The third kappa shape index (κ3) is 3.19. The van der Waals surface area contributed by atoms with E-state index in [1.54, 1.807) is 0 Å². The number of carbonyl (C=O) groups is 1. The summed E-state index contributed by atoms with van der Waals surface area (Å²) in [5.41, 5.74) is 0.917. The van der Waals surface area contributed by atoms with Crippen LogP contribution in [0, 0.1) is 0 Å². The van der Waals surface area contributed by atoms with Crippen LogP contribution in [-0.4, -0.2) is 22.1 Å². The minimum atomic E-state index is 0.0574. The maximum absolute atomic E-state index is 11.5. The third-order valence-corrected chi connectivity index (χ3v) is 3.01. The second-order valence-electron chi connectivity index (χ2n) is 4.72. The average molecular weight is 257 g/mol. The van der Waals surface area contributed by atoms with Crippen LogP contribution < -0.4 is 5.32 Å². The normalized spacial score (nSPS) is 14.3. The van der Waals surface area contributed by atoms with Crippen molar-refractivity contribution in [2.75, 3.05) is 0 Å². The zero-order valence-corrected chi connectivity index (χ0v) is 10.5. The van der Waals surface area contributed by atoms with E-state index >= 15 is 0 Å². The number of aromatic nitrogens is 2. The first-order chi connectivity index (χ1) is 9.31. The molecule has 0 unspecified atom stereocenters. The Morgan fingerprint density at radius 2 is 2.11 bits per heavy atom. The Balaban J connectivity index is 1.57. The maximum Gasteiger partial charge on any atom is 0.227 e. The number of aryl methyl sites for hydroxylation is 1. The van der Waals surface area contributed by atoms with Crippen molar-refractivity contribution >= 4 is 5.91 Å². The standard InChI is InChI=1S/C14H15N3O2/c18-12(15-11-6-7-11)8-9-13-16-14(17-19-13)10-4-2-1-3-5-10/h1-5,11H,6-9H2,(H,15,18). The Hall–Kier alpha value is -2.17. The topological polar surface area (TPSA) is 68.0 Å². The van der Waals surface area contributed by atoms with Crippen LogP contribution in [0.4, 0.5) is 0 Å². The molecule has 1 aromatic heterocycles. The molecule has 0 radical (unpaired) electrons. The Bertz CT molecular complexity index is 561. The zero-order valence-electron chi connectivity index (χ0n) is 10.5. The lowest BCUT2D eigenvalue weighted by Gasteiger charge is -1.99. The van der Waals surface area contributed by atoms with E-state index in [1.807, 2.05) is 30.3 Å². The van der Waals surface area contributed by atoms with Crippen molar-refractivity contribution in [3.8, 4) is 11.4 Å². The fourth-order valence-electron chi connectivity index (χ4n) is 1.81. The Morgan fingerprint density at radius 1 is 1.32 bits per heavy atom. The summed E-state index contributed by atoms with van der Waals surface area (Å²) in [6, 6.07) is 10.0. The van der Waals surface area contributed by atoms with Gasteiger partial charge >= 0.3 is 0 Å². The quantitative estimate of drug-likeness (QED) is 0.888. The van der Waals surface area contributed by atoms with Crippen LogP contribution in [0.5, 0.6) is 0 Å². The van der Waals surface area contributed by atoms with Gasteiger partial charge in [0.05, 0.1) is 0 Å². The van der Waals surface area contributed by atoms with E-state index in [4.69, 9.17) is 4.52 Å². The Morgan fingerprint density at radius 3 is 2.84 bits per heavy atom. The van der Waals surface area contributed by atoms with Crippen molar-refractivity contribution in [2.24, 2.45) is 0 Å². The van der Waals surface area contributed by atoms with Gasteiger partial charge in [0.2, 0.25) is 17.6 Å².